The number of carbonyl (C=O) groups excluding carboxylic acids is 2. The molecule has 3 rings (SSSR count). The Morgan fingerprint density at radius 1 is 1.26 bits per heavy atom. The number of nitrogens with two attached hydrogens (primary N) is 1. The molecular formula is C19H19BrFN3O3. The van der Waals surface area contributed by atoms with Crippen molar-refractivity contribution >= 4 is 27.9 Å². The average molecular weight is 436 g/mol. The molecule has 2 atom stereocenters. The van der Waals surface area contributed by atoms with Crippen molar-refractivity contribution in [2.45, 2.75) is 12.1 Å². The van der Waals surface area contributed by atoms with E-state index in [9.17, 15) is 14.0 Å². The lowest BCUT2D eigenvalue weighted by atomic mass is 9.98. The van der Waals surface area contributed by atoms with Crippen LogP contribution in [0.15, 0.2) is 53.0 Å². The number of primary amides is 1. The first-order chi connectivity index (χ1) is 13.0. The van der Waals surface area contributed by atoms with Crippen molar-refractivity contribution in [3.63, 3.8) is 0 Å². The molecule has 0 bridgehead atoms. The molecule has 2 aromatic rings. The summed E-state index contributed by atoms with van der Waals surface area (Å²) in [4.78, 5) is 25.6. The van der Waals surface area contributed by atoms with Crippen LogP contribution >= 0.6 is 15.9 Å². The lowest BCUT2D eigenvalue weighted by molar-refractivity contribution is -0.133. The maximum absolute atomic E-state index is 14.6. The second kappa shape index (κ2) is 8.49. The zero-order valence-electron chi connectivity index (χ0n) is 14.4. The second-order valence-electron chi connectivity index (χ2n) is 6.17. The van der Waals surface area contributed by atoms with Gasteiger partial charge in [-0.05, 0) is 17.7 Å². The fourth-order valence-corrected chi connectivity index (χ4v) is 3.28. The third-order valence-corrected chi connectivity index (χ3v) is 4.84. The van der Waals surface area contributed by atoms with Crippen molar-refractivity contribution < 1.29 is 18.7 Å². The summed E-state index contributed by atoms with van der Waals surface area (Å²) in [7, 11) is 0. The standard InChI is InChI=1S/C19H19BrFN3O3/c20-13-6-7-14(15(21)10-13)17(12-4-2-1-3-5-12)23-19(26)24-8-9-27-16(11-24)18(22)25/h1-7,10,16-17H,8-9,11H2,(H2,22,25)(H,23,26). The number of hydrogen-bond donors (Lipinski definition) is 2. The molecule has 1 aliphatic rings. The number of carbonyl (C=O) groups is 2. The average Bonchev–Trinajstić information content (AvgIpc) is 2.67. The van der Waals surface area contributed by atoms with E-state index in [2.05, 4.69) is 21.2 Å². The van der Waals surface area contributed by atoms with Gasteiger partial charge >= 0.3 is 6.03 Å². The zero-order valence-corrected chi connectivity index (χ0v) is 16.0. The van der Waals surface area contributed by atoms with E-state index in [4.69, 9.17) is 10.5 Å². The van der Waals surface area contributed by atoms with E-state index in [1.165, 1.54) is 11.0 Å². The Balaban J connectivity index is 1.85. The zero-order chi connectivity index (χ0) is 19.4. The number of amides is 3. The Morgan fingerprint density at radius 2 is 2.00 bits per heavy atom. The molecule has 0 saturated carbocycles. The third kappa shape index (κ3) is 4.64. The number of ether oxygens (including phenoxy) is 1. The van der Waals surface area contributed by atoms with Gasteiger partial charge in [-0.15, -0.1) is 0 Å². The Hall–Kier alpha value is -2.45. The molecule has 2 aromatic carbocycles. The highest BCUT2D eigenvalue weighted by molar-refractivity contribution is 9.10. The maximum Gasteiger partial charge on any atom is 0.318 e. The minimum Gasteiger partial charge on any atom is -0.367 e. The molecule has 1 aliphatic heterocycles. The normalized spacial score (nSPS) is 18.0. The van der Waals surface area contributed by atoms with Gasteiger partial charge in [-0.1, -0.05) is 52.3 Å². The van der Waals surface area contributed by atoms with Gasteiger partial charge in [-0.25, -0.2) is 9.18 Å². The van der Waals surface area contributed by atoms with Crippen molar-refractivity contribution in [3.8, 4) is 0 Å². The van der Waals surface area contributed by atoms with E-state index < -0.39 is 29.9 Å². The summed E-state index contributed by atoms with van der Waals surface area (Å²) >= 11 is 3.24. The number of benzene rings is 2. The Kier molecular flexibility index (Phi) is 6.08. The molecule has 0 aliphatic carbocycles. The minimum absolute atomic E-state index is 0.0610. The molecule has 2 unspecified atom stereocenters. The van der Waals surface area contributed by atoms with Gasteiger partial charge < -0.3 is 20.7 Å². The fourth-order valence-electron chi connectivity index (χ4n) is 2.94. The van der Waals surface area contributed by atoms with Crippen LogP contribution in [0.4, 0.5) is 9.18 Å². The number of rotatable bonds is 4. The van der Waals surface area contributed by atoms with E-state index in [1.54, 1.807) is 12.1 Å². The summed E-state index contributed by atoms with van der Waals surface area (Å²) < 4.78 is 20.4. The van der Waals surface area contributed by atoms with Crippen LogP contribution < -0.4 is 11.1 Å². The van der Waals surface area contributed by atoms with Gasteiger partial charge in [-0.3, -0.25) is 4.79 Å². The van der Waals surface area contributed by atoms with Gasteiger partial charge in [0, 0.05) is 16.6 Å². The predicted octanol–water partition coefficient (Wildman–Crippen LogP) is 2.57. The van der Waals surface area contributed by atoms with Gasteiger partial charge in [0.05, 0.1) is 19.2 Å². The van der Waals surface area contributed by atoms with Gasteiger partial charge in [-0.2, -0.15) is 0 Å². The highest BCUT2D eigenvalue weighted by Crippen LogP contribution is 2.27. The number of nitrogens with one attached hydrogen (secondary N) is 1. The molecule has 8 heteroatoms. The first-order valence-corrected chi connectivity index (χ1v) is 9.21. The number of urea groups is 1. The molecule has 1 saturated heterocycles. The van der Waals surface area contributed by atoms with E-state index in [0.29, 0.717) is 16.6 Å². The summed E-state index contributed by atoms with van der Waals surface area (Å²) in [6.07, 6.45) is -0.843. The van der Waals surface area contributed by atoms with E-state index in [1.807, 2.05) is 30.3 Å². The topological polar surface area (TPSA) is 84.7 Å². The molecule has 27 heavy (non-hydrogen) atoms. The van der Waals surface area contributed by atoms with Gasteiger partial charge in [0.2, 0.25) is 5.91 Å². The molecule has 3 N–H and O–H groups in total. The number of nitrogens with zero attached hydrogens (tertiary/aromatic N) is 1. The molecule has 1 heterocycles. The van der Waals surface area contributed by atoms with Crippen LogP contribution in [0.1, 0.15) is 17.2 Å². The van der Waals surface area contributed by atoms with Crippen LogP contribution in [0.3, 0.4) is 0 Å². The third-order valence-electron chi connectivity index (χ3n) is 4.35. The Labute approximate surface area is 164 Å². The summed E-state index contributed by atoms with van der Waals surface area (Å²) in [6, 6.07) is 12.7. The summed E-state index contributed by atoms with van der Waals surface area (Å²) in [6.45, 7) is 0.592. The maximum atomic E-state index is 14.6. The number of morpholine rings is 1. The lowest BCUT2D eigenvalue weighted by Gasteiger charge is -2.33. The quantitative estimate of drug-likeness (QED) is 0.773. The molecular weight excluding hydrogens is 417 g/mol. The van der Waals surface area contributed by atoms with Crippen LogP contribution in [0, 0.1) is 5.82 Å². The van der Waals surface area contributed by atoms with Gasteiger partial charge in [0.1, 0.15) is 5.82 Å². The SMILES string of the molecule is NC(=O)C1CN(C(=O)NC(c2ccccc2)c2ccc(Br)cc2F)CCO1. The van der Waals surface area contributed by atoms with Crippen LogP contribution in [0.5, 0.6) is 0 Å². The molecule has 142 valence electrons. The van der Waals surface area contributed by atoms with Crippen molar-refractivity contribution in [2.75, 3.05) is 19.7 Å². The molecule has 0 radical (unpaired) electrons. The van der Waals surface area contributed by atoms with Crippen LogP contribution in [0.25, 0.3) is 0 Å². The second-order valence-corrected chi connectivity index (χ2v) is 7.08. The molecule has 1 fully saturated rings. The van der Waals surface area contributed by atoms with E-state index >= 15 is 0 Å². The first-order valence-electron chi connectivity index (χ1n) is 8.42. The Bertz CT molecular complexity index is 834. The first kappa shape index (κ1) is 19.3. The molecule has 6 nitrogen and oxygen atoms in total. The highest BCUT2D eigenvalue weighted by Gasteiger charge is 2.30. The summed E-state index contributed by atoms with van der Waals surface area (Å²) in [5.41, 5.74) is 6.36. The van der Waals surface area contributed by atoms with Crippen molar-refractivity contribution in [2.24, 2.45) is 5.73 Å². The smallest absolute Gasteiger partial charge is 0.318 e. The Morgan fingerprint density at radius 3 is 2.67 bits per heavy atom. The minimum atomic E-state index is -0.843. The van der Waals surface area contributed by atoms with Crippen LogP contribution in [0.2, 0.25) is 0 Å². The largest absolute Gasteiger partial charge is 0.367 e. The molecule has 3 amide bonds. The van der Waals surface area contributed by atoms with Crippen LogP contribution in [-0.2, 0) is 9.53 Å². The molecule has 0 aromatic heterocycles. The lowest BCUT2D eigenvalue weighted by Crippen LogP contribution is -2.53. The van der Waals surface area contributed by atoms with E-state index in [-0.39, 0.29) is 13.2 Å². The predicted molar refractivity (Wildman–Crippen MR) is 101 cm³/mol. The monoisotopic (exact) mass is 435 g/mol. The fraction of sp³-hybridized carbons (Fsp3) is 0.263. The summed E-state index contributed by atoms with van der Waals surface area (Å²) in [5, 5.41) is 2.86. The van der Waals surface area contributed by atoms with Crippen molar-refractivity contribution in [1.29, 1.82) is 0 Å². The molecule has 0 spiro atoms. The van der Waals surface area contributed by atoms with Gasteiger partial charge in [0.25, 0.3) is 0 Å². The van der Waals surface area contributed by atoms with Crippen LogP contribution in [-0.4, -0.2) is 42.6 Å². The van der Waals surface area contributed by atoms with Gasteiger partial charge in [0.15, 0.2) is 6.10 Å². The van der Waals surface area contributed by atoms with Crippen molar-refractivity contribution in [1.82, 2.24) is 10.2 Å². The number of hydrogen-bond acceptors (Lipinski definition) is 3. The van der Waals surface area contributed by atoms with Crippen molar-refractivity contribution in [3.05, 3.63) is 69.9 Å². The number of halogens is 2. The summed E-state index contributed by atoms with van der Waals surface area (Å²) in [5.74, 6) is -1.05. The highest BCUT2D eigenvalue weighted by atomic mass is 79.9. The van der Waals surface area contributed by atoms with E-state index in [0.717, 1.165) is 5.56 Å².